The van der Waals surface area contributed by atoms with Gasteiger partial charge in [0.25, 0.3) is 0 Å². The van der Waals surface area contributed by atoms with E-state index in [-0.39, 0.29) is 0 Å². The summed E-state index contributed by atoms with van der Waals surface area (Å²) in [6, 6.07) is 13.2. The molecule has 0 aliphatic carbocycles. The molecule has 2 N–H and O–H groups in total. The largest absolute Gasteiger partial charge is 0.495 e. The monoisotopic (exact) mass is 262 g/mol. The molecule has 0 spiro atoms. The summed E-state index contributed by atoms with van der Waals surface area (Å²) in [5, 5.41) is 0.668. The van der Waals surface area contributed by atoms with Crippen LogP contribution >= 0.6 is 11.6 Å². The third-order valence-corrected chi connectivity index (χ3v) is 2.99. The van der Waals surface area contributed by atoms with Crippen LogP contribution in [0.2, 0.25) is 5.02 Å². The molecule has 0 heterocycles. The van der Waals surface area contributed by atoms with Crippen LogP contribution in [0.25, 0.3) is 0 Å². The molecule has 18 heavy (non-hydrogen) atoms. The number of benzene rings is 2. The van der Waals surface area contributed by atoms with Crippen molar-refractivity contribution >= 4 is 28.7 Å². The first-order valence-corrected chi connectivity index (χ1v) is 5.92. The lowest BCUT2D eigenvalue weighted by Gasteiger charge is -2.22. The Morgan fingerprint density at radius 1 is 1.17 bits per heavy atom. The summed E-state index contributed by atoms with van der Waals surface area (Å²) >= 11 is 6.03. The summed E-state index contributed by atoms with van der Waals surface area (Å²) in [4.78, 5) is 1.99. The normalized spacial score (nSPS) is 10.2. The molecule has 2 rings (SSSR count). The molecule has 0 radical (unpaired) electrons. The van der Waals surface area contributed by atoms with Crippen LogP contribution in [0.4, 0.5) is 17.1 Å². The zero-order valence-electron chi connectivity index (χ0n) is 10.4. The van der Waals surface area contributed by atoms with Crippen LogP contribution in [0.3, 0.4) is 0 Å². The van der Waals surface area contributed by atoms with Gasteiger partial charge in [-0.05, 0) is 36.4 Å². The van der Waals surface area contributed by atoms with Gasteiger partial charge in [0.15, 0.2) is 0 Å². The van der Waals surface area contributed by atoms with Gasteiger partial charge in [0, 0.05) is 23.4 Å². The fourth-order valence-electron chi connectivity index (χ4n) is 1.80. The van der Waals surface area contributed by atoms with Crippen LogP contribution < -0.4 is 15.4 Å². The first-order valence-electron chi connectivity index (χ1n) is 5.54. The van der Waals surface area contributed by atoms with Gasteiger partial charge >= 0.3 is 0 Å². The third-order valence-electron chi connectivity index (χ3n) is 2.76. The fourth-order valence-corrected chi connectivity index (χ4v) is 1.96. The topological polar surface area (TPSA) is 38.5 Å². The van der Waals surface area contributed by atoms with Gasteiger partial charge in [0.05, 0.1) is 12.8 Å². The van der Waals surface area contributed by atoms with Gasteiger partial charge in [-0.1, -0.05) is 17.7 Å². The first kappa shape index (κ1) is 12.6. The number of anilines is 3. The number of methoxy groups -OCH3 is 1. The highest BCUT2D eigenvalue weighted by atomic mass is 35.5. The van der Waals surface area contributed by atoms with Gasteiger partial charge in [0.1, 0.15) is 5.75 Å². The minimum absolute atomic E-state index is 0.668. The summed E-state index contributed by atoms with van der Waals surface area (Å²) in [6.45, 7) is 0. The molecule has 0 saturated heterocycles. The van der Waals surface area contributed by atoms with E-state index < -0.39 is 0 Å². The molecule has 4 heteroatoms. The second-order valence-corrected chi connectivity index (χ2v) is 4.41. The van der Waals surface area contributed by atoms with Gasteiger partial charge in [-0.15, -0.1) is 0 Å². The van der Waals surface area contributed by atoms with Crippen molar-refractivity contribution in [1.29, 1.82) is 0 Å². The van der Waals surface area contributed by atoms with Crippen molar-refractivity contribution in [3.05, 3.63) is 47.5 Å². The van der Waals surface area contributed by atoms with Crippen molar-refractivity contribution in [2.24, 2.45) is 0 Å². The quantitative estimate of drug-likeness (QED) is 0.858. The molecule has 0 bridgehead atoms. The fraction of sp³-hybridized carbons (Fsp3) is 0.143. The average Bonchev–Trinajstić information content (AvgIpc) is 2.38. The average molecular weight is 263 g/mol. The molecular formula is C14H15ClN2O. The lowest BCUT2D eigenvalue weighted by atomic mass is 10.2. The Kier molecular flexibility index (Phi) is 3.63. The standard InChI is InChI=1S/C14H15ClN2O/c1-17(12-5-3-4-11(16)9-12)13-8-10(15)6-7-14(13)18-2/h3-9H,16H2,1-2H3. The highest BCUT2D eigenvalue weighted by molar-refractivity contribution is 6.31. The van der Waals surface area contributed by atoms with E-state index in [1.54, 1.807) is 13.2 Å². The van der Waals surface area contributed by atoms with Gasteiger partial charge in [0.2, 0.25) is 0 Å². The molecule has 0 fully saturated rings. The second kappa shape index (κ2) is 5.19. The molecule has 2 aromatic carbocycles. The number of ether oxygens (including phenoxy) is 1. The van der Waals surface area contributed by atoms with Crippen LogP contribution in [0.1, 0.15) is 0 Å². The van der Waals surface area contributed by atoms with Crippen molar-refractivity contribution in [2.75, 3.05) is 24.8 Å². The van der Waals surface area contributed by atoms with E-state index in [9.17, 15) is 0 Å². The third kappa shape index (κ3) is 2.51. The number of hydrogen-bond donors (Lipinski definition) is 1. The number of rotatable bonds is 3. The minimum atomic E-state index is 0.668. The summed E-state index contributed by atoms with van der Waals surface area (Å²) in [7, 11) is 3.59. The first-order chi connectivity index (χ1) is 8.61. The van der Waals surface area contributed by atoms with E-state index >= 15 is 0 Å². The van der Waals surface area contributed by atoms with Crippen molar-refractivity contribution in [2.45, 2.75) is 0 Å². The Hall–Kier alpha value is -1.87. The number of halogens is 1. The molecule has 0 aromatic heterocycles. The van der Waals surface area contributed by atoms with E-state index in [0.717, 1.165) is 22.8 Å². The maximum absolute atomic E-state index is 6.03. The van der Waals surface area contributed by atoms with Gasteiger partial charge < -0.3 is 15.4 Å². The van der Waals surface area contributed by atoms with Gasteiger partial charge in [-0.25, -0.2) is 0 Å². The number of nitrogens with zero attached hydrogens (tertiary/aromatic N) is 1. The number of nitrogens with two attached hydrogens (primary N) is 1. The summed E-state index contributed by atoms with van der Waals surface area (Å²) in [6.07, 6.45) is 0. The molecule has 2 aromatic rings. The van der Waals surface area contributed by atoms with Gasteiger partial charge in [-0.2, -0.15) is 0 Å². The zero-order chi connectivity index (χ0) is 13.1. The second-order valence-electron chi connectivity index (χ2n) is 3.97. The lowest BCUT2D eigenvalue weighted by Crippen LogP contribution is -2.11. The Morgan fingerprint density at radius 3 is 2.61 bits per heavy atom. The predicted octanol–water partition coefficient (Wildman–Crippen LogP) is 3.70. The van der Waals surface area contributed by atoms with Crippen LogP contribution in [0, 0.1) is 0 Å². The molecular weight excluding hydrogens is 248 g/mol. The molecule has 0 unspecified atom stereocenters. The smallest absolute Gasteiger partial charge is 0.142 e. The van der Waals surface area contributed by atoms with Crippen molar-refractivity contribution in [1.82, 2.24) is 0 Å². The Labute approximate surface area is 112 Å². The van der Waals surface area contributed by atoms with E-state index in [1.807, 2.05) is 48.3 Å². The number of hydrogen-bond acceptors (Lipinski definition) is 3. The molecule has 0 saturated carbocycles. The molecule has 0 atom stereocenters. The Balaban J connectivity index is 2.44. The van der Waals surface area contributed by atoms with Crippen molar-refractivity contribution in [3.63, 3.8) is 0 Å². The van der Waals surface area contributed by atoms with Crippen molar-refractivity contribution < 1.29 is 4.74 Å². The summed E-state index contributed by atoms with van der Waals surface area (Å²) < 4.78 is 5.34. The maximum atomic E-state index is 6.03. The van der Waals surface area contributed by atoms with Crippen molar-refractivity contribution in [3.8, 4) is 5.75 Å². The number of nitrogen functional groups attached to an aromatic ring is 1. The van der Waals surface area contributed by atoms with E-state index in [0.29, 0.717) is 5.02 Å². The maximum Gasteiger partial charge on any atom is 0.142 e. The predicted molar refractivity (Wildman–Crippen MR) is 76.9 cm³/mol. The zero-order valence-corrected chi connectivity index (χ0v) is 11.1. The lowest BCUT2D eigenvalue weighted by molar-refractivity contribution is 0.415. The SMILES string of the molecule is COc1ccc(Cl)cc1N(C)c1cccc(N)c1. The minimum Gasteiger partial charge on any atom is -0.495 e. The van der Waals surface area contributed by atoms with E-state index in [1.165, 1.54) is 0 Å². The van der Waals surface area contributed by atoms with Crippen LogP contribution in [-0.2, 0) is 0 Å². The summed E-state index contributed by atoms with van der Waals surface area (Å²) in [5.41, 5.74) is 8.39. The molecule has 0 aliphatic rings. The molecule has 0 aliphatic heterocycles. The summed E-state index contributed by atoms with van der Waals surface area (Å²) in [5.74, 6) is 0.768. The molecule has 94 valence electrons. The van der Waals surface area contributed by atoms with Crippen LogP contribution in [0.15, 0.2) is 42.5 Å². The van der Waals surface area contributed by atoms with E-state index in [4.69, 9.17) is 22.1 Å². The highest BCUT2D eigenvalue weighted by Gasteiger charge is 2.10. The van der Waals surface area contributed by atoms with Gasteiger partial charge in [-0.3, -0.25) is 0 Å². The van der Waals surface area contributed by atoms with E-state index in [2.05, 4.69) is 0 Å². The molecule has 3 nitrogen and oxygen atoms in total. The Morgan fingerprint density at radius 2 is 1.94 bits per heavy atom. The van der Waals surface area contributed by atoms with Crippen LogP contribution in [0.5, 0.6) is 5.75 Å². The van der Waals surface area contributed by atoms with Crippen LogP contribution in [-0.4, -0.2) is 14.2 Å². The Bertz CT molecular complexity index is 557. The highest BCUT2D eigenvalue weighted by Crippen LogP contribution is 2.35. The molecule has 0 amide bonds.